The van der Waals surface area contributed by atoms with Crippen molar-refractivity contribution in [1.82, 2.24) is 15.0 Å². The van der Waals surface area contributed by atoms with Crippen molar-refractivity contribution in [1.29, 1.82) is 0 Å². The summed E-state index contributed by atoms with van der Waals surface area (Å²) in [6.45, 7) is 2.44. The fourth-order valence-corrected chi connectivity index (χ4v) is 1.69. The average Bonchev–Trinajstić information content (AvgIpc) is 2.46. The van der Waals surface area contributed by atoms with Gasteiger partial charge in [-0.15, -0.1) is 0 Å². The molecule has 0 saturated heterocycles. The van der Waals surface area contributed by atoms with Crippen LogP contribution < -0.4 is 14.8 Å². The van der Waals surface area contributed by atoms with Gasteiger partial charge in [-0.05, 0) is 30.2 Å². The van der Waals surface area contributed by atoms with Gasteiger partial charge in [0.1, 0.15) is 11.6 Å². The first-order chi connectivity index (χ1) is 10.1. The number of nitrogens with one attached hydrogen (secondary N) is 1. The van der Waals surface area contributed by atoms with Gasteiger partial charge in [-0.3, -0.25) is 0 Å². The van der Waals surface area contributed by atoms with Gasteiger partial charge in [0.15, 0.2) is 0 Å². The minimum absolute atomic E-state index is 0.000295. The van der Waals surface area contributed by atoms with Crippen molar-refractivity contribution in [3.05, 3.63) is 29.3 Å². The Morgan fingerprint density at radius 2 is 2.10 bits per heavy atom. The lowest BCUT2D eigenvalue weighted by Gasteiger charge is -2.10. The molecule has 0 amide bonds. The van der Waals surface area contributed by atoms with E-state index in [-0.39, 0.29) is 17.2 Å². The van der Waals surface area contributed by atoms with Crippen molar-refractivity contribution in [3.8, 4) is 11.8 Å². The second-order valence-electron chi connectivity index (χ2n) is 4.03. The molecule has 0 aliphatic rings. The first-order valence-electron chi connectivity index (χ1n) is 6.27. The molecule has 1 aromatic carbocycles. The molecule has 0 bridgehead atoms. The number of methoxy groups -OCH3 is 1. The molecule has 21 heavy (non-hydrogen) atoms. The van der Waals surface area contributed by atoms with E-state index < -0.39 is 5.82 Å². The van der Waals surface area contributed by atoms with Crippen molar-refractivity contribution >= 4 is 23.2 Å². The van der Waals surface area contributed by atoms with E-state index in [0.29, 0.717) is 18.0 Å². The van der Waals surface area contributed by atoms with Gasteiger partial charge in [0.05, 0.1) is 19.4 Å². The molecule has 0 aliphatic carbocycles. The molecule has 0 spiro atoms. The zero-order chi connectivity index (χ0) is 15.2. The third-order valence-corrected chi connectivity index (χ3v) is 2.60. The quantitative estimate of drug-likeness (QED) is 0.883. The normalized spacial score (nSPS) is 10.3. The Morgan fingerprint density at radius 1 is 1.29 bits per heavy atom. The molecule has 6 nitrogen and oxygen atoms in total. The smallest absolute Gasteiger partial charge is 0.322 e. The van der Waals surface area contributed by atoms with Crippen molar-refractivity contribution < 1.29 is 13.9 Å². The molecule has 2 rings (SSSR count). The van der Waals surface area contributed by atoms with Crippen LogP contribution in [-0.4, -0.2) is 28.7 Å². The third kappa shape index (κ3) is 4.16. The fourth-order valence-electron chi connectivity index (χ4n) is 1.53. The summed E-state index contributed by atoms with van der Waals surface area (Å²) in [6, 6.07) is 4.18. The lowest BCUT2D eigenvalue weighted by Crippen LogP contribution is -2.05. The number of ether oxygens (including phenoxy) is 2. The van der Waals surface area contributed by atoms with E-state index in [0.717, 1.165) is 6.42 Å². The molecule has 1 heterocycles. The summed E-state index contributed by atoms with van der Waals surface area (Å²) in [6.07, 6.45) is 0.817. The van der Waals surface area contributed by atoms with E-state index in [2.05, 4.69) is 20.3 Å². The van der Waals surface area contributed by atoms with Crippen molar-refractivity contribution in [2.45, 2.75) is 13.3 Å². The minimum Gasteiger partial charge on any atom is -0.494 e. The van der Waals surface area contributed by atoms with Gasteiger partial charge in [0.25, 0.3) is 0 Å². The molecule has 8 heteroatoms. The molecule has 1 N–H and O–H groups in total. The highest BCUT2D eigenvalue weighted by Crippen LogP contribution is 2.27. The number of nitrogens with zero attached hydrogens (tertiary/aromatic N) is 3. The summed E-state index contributed by atoms with van der Waals surface area (Å²) < 4.78 is 23.5. The predicted octanol–water partition coefficient (Wildman–Crippen LogP) is 3.21. The molecular formula is C13H14ClFN4O2. The maximum Gasteiger partial charge on any atom is 0.322 e. The van der Waals surface area contributed by atoms with E-state index in [9.17, 15) is 4.39 Å². The standard InChI is InChI=1S/C13H14ClFN4O2/c1-3-6-21-13-18-11(14)17-12(19-13)16-9-5-4-8(15)7-10(9)20-2/h4-5,7H,3,6H2,1-2H3,(H,16,17,18,19). The van der Waals surface area contributed by atoms with Crippen molar-refractivity contribution in [3.63, 3.8) is 0 Å². The largest absolute Gasteiger partial charge is 0.494 e. The third-order valence-electron chi connectivity index (χ3n) is 2.43. The van der Waals surface area contributed by atoms with Crippen LogP contribution in [0.15, 0.2) is 18.2 Å². The summed E-state index contributed by atoms with van der Waals surface area (Å²) in [5.74, 6) is 0.103. The summed E-state index contributed by atoms with van der Waals surface area (Å²) in [4.78, 5) is 11.9. The molecule has 0 aliphatic heterocycles. The SMILES string of the molecule is CCCOc1nc(Cl)nc(Nc2ccc(F)cc2OC)n1. The lowest BCUT2D eigenvalue weighted by molar-refractivity contribution is 0.292. The number of anilines is 2. The van der Waals surface area contributed by atoms with E-state index in [1.165, 1.54) is 25.3 Å². The minimum atomic E-state index is -0.405. The highest BCUT2D eigenvalue weighted by Gasteiger charge is 2.10. The molecule has 1 aromatic heterocycles. The summed E-state index contributed by atoms with van der Waals surface area (Å²) >= 11 is 5.82. The van der Waals surface area contributed by atoms with Crippen LogP contribution in [-0.2, 0) is 0 Å². The predicted molar refractivity (Wildman–Crippen MR) is 76.9 cm³/mol. The topological polar surface area (TPSA) is 69.2 Å². The van der Waals surface area contributed by atoms with Gasteiger partial charge in [-0.2, -0.15) is 15.0 Å². The Labute approximate surface area is 126 Å². The number of hydrogen-bond acceptors (Lipinski definition) is 6. The first-order valence-corrected chi connectivity index (χ1v) is 6.65. The fraction of sp³-hybridized carbons (Fsp3) is 0.308. The zero-order valence-electron chi connectivity index (χ0n) is 11.6. The van der Waals surface area contributed by atoms with E-state index >= 15 is 0 Å². The maximum absolute atomic E-state index is 13.2. The summed E-state index contributed by atoms with van der Waals surface area (Å²) in [5.41, 5.74) is 0.502. The summed E-state index contributed by atoms with van der Waals surface area (Å²) in [5, 5.41) is 2.89. The highest BCUT2D eigenvalue weighted by molar-refractivity contribution is 6.28. The van der Waals surface area contributed by atoms with Crippen LogP contribution in [0.3, 0.4) is 0 Å². The Hall–Kier alpha value is -2.15. The number of hydrogen-bond donors (Lipinski definition) is 1. The molecule has 0 fully saturated rings. The summed E-state index contributed by atoms with van der Waals surface area (Å²) in [7, 11) is 1.44. The van der Waals surface area contributed by atoms with Gasteiger partial charge in [0, 0.05) is 6.07 Å². The number of aromatic nitrogens is 3. The Kier molecular flexibility index (Phi) is 5.10. The Morgan fingerprint density at radius 3 is 2.81 bits per heavy atom. The van der Waals surface area contributed by atoms with Crippen LogP contribution in [0.1, 0.15) is 13.3 Å². The molecule has 0 radical (unpaired) electrons. The number of rotatable bonds is 6. The van der Waals surface area contributed by atoms with Gasteiger partial charge >= 0.3 is 6.01 Å². The lowest BCUT2D eigenvalue weighted by atomic mass is 10.3. The van der Waals surface area contributed by atoms with Crippen LogP contribution in [0.4, 0.5) is 16.0 Å². The zero-order valence-corrected chi connectivity index (χ0v) is 12.3. The molecule has 0 atom stereocenters. The van der Waals surface area contributed by atoms with E-state index in [1.54, 1.807) is 0 Å². The van der Waals surface area contributed by atoms with Crippen LogP contribution in [0.5, 0.6) is 11.8 Å². The first kappa shape index (κ1) is 15.2. The van der Waals surface area contributed by atoms with Crippen LogP contribution in [0.2, 0.25) is 5.28 Å². The Balaban J connectivity index is 2.24. The Bertz CT molecular complexity index is 627. The average molecular weight is 313 g/mol. The van der Waals surface area contributed by atoms with Crippen LogP contribution in [0.25, 0.3) is 0 Å². The van der Waals surface area contributed by atoms with Gasteiger partial charge < -0.3 is 14.8 Å². The molecule has 0 unspecified atom stereocenters. The van der Waals surface area contributed by atoms with Crippen molar-refractivity contribution in [2.75, 3.05) is 19.0 Å². The second kappa shape index (κ2) is 7.03. The van der Waals surface area contributed by atoms with Crippen LogP contribution in [0, 0.1) is 5.82 Å². The second-order valence-corrected chi connectivity index (χ2v) is 4.37. The molecular weight excluding hydrogens is 299 g/mol. The van der Waals surface area contributed by atoms with Gasteiger partial charge in [-0.1, -0.05) is 6.92 Å². The molecule has 0 saturated carbocycles. The number of halogens is 2. The van der Waals surface area contributed by atoms with E-state index in [1.807, 2.05) is 6.92 Å². The molecule has 112 valence electrons. The van der Waals surface area contributed by atoms with Crippen molar-refractivity contribution in [2.24, 2.45) is 0 Å². The van der Waals surface area contributed by atoms with E-state index in [4.69, 9.17) is 21.1 Å². The number of benzene rings is 1. The highest BCUT2D eigenvalue weighted by atomic mass is 35.5. The van der Waals surface area contributed by atoms with Gasteiger partial charge in [0.2, 0.25) is 11.2 Å². The maximum atomic E-state index is 13.2. The molecule has 2 aromatic rings. The monoisotopic (exact) mass is 312 g/mol. The van der Waals surface area contributed by atoms with Crippen LogP contribution >= 0.6 is 11.6 Å². The van der Waals surface area contributed by atoms with Gasteiger partial charge in [-0.25, -0.2) is 4.39 Å².